The van der Waals surface area contributed by atoms with Crippen molar-refractivity contribution in [2.45, 2.75) is 20.3 Å². The largest absolute Gasteiger partial charge is 0.464 e. The number of furan rings is 1. The van der Waals surface area contributed by atoms with Gasteiger partial charge in [0.2, 0.25) is 5.91 Å². The molecular weight excluding hydrogens is 328 g/mol. The summed E-state index contributed by atoms with van der Waals surface area (Å²) >= 11 is 0. The van der Waals surface area contributed by atoms with Crippen molar-refractivity contribution >= 4 is 22.8 Å². The average Bonchev–Trinajstić information content (AvgIpc) is 3.05. The van der Waals surface area contributed by atoms with Crippen LogP contribution >= 0.6 is 0 Å². The smallest absolute Gasteiger partial charge is 0.251 e. The van der Waals surface area contributed by atoms with Crippen molar-refractivity contribution < 1.29 is 14.0 Å². The Morgan fingerprint density at radius 1 is 0.962 bits per heavy atom. The van der Waals surface area contributed by atoms with Gasteiger partial charge >= 0.3 is 0 Å². The molecule has 0 atom stereocenters. The Morgan fingerprint density at radius 2 is 1.69 bits per heavy atom. The van der Waals surface area contributed by atoms with Gasteiger partial charge < -0.3 is 15.1 Å². The number of amides is 2. The molecule has 0 radical (unpaired) electrons. The van der Waals surface area contributed by atoms with Crippen LogP contribution in [-0.4, -0.2) is 24.9 Å². The van der Waals surface area contributed by atoms with E-state index in [2.05, 4.69) is 10.6 Å². The molecule has 2 aromatic carbocycles. The van der Waals surface area contributed by atoms with Crippen molar-refractivity contribution in [2.24, 2.45) is 0 Å². The van der Waals surface area contributed by atoms with Gasteiger partial charge in [0.1, 0.15) is 5.58 Å². The summed E-state index contributed by atoms with van der Waals surface area (Å²) in [7, 11) is 0. The number of aryl methyl sites for hydroxylation is 2. The number of nitrogens with one attached hydrogen (secondary N) is 2. The van der Waals surface area contributed by atoms with Crippen LogP contribution in [0.5, 0.6) is 0 Å². The first-order chi connectivity index (χ1) is 12.6. The Kier molecular flexibility index (Phi) is 5.37. The lowest BCUT2D eigenvalue weighted by molar-refractivity contribution is -0.120. The lowest BCUT2D eigenvalue weighted by Crippen LogP contribution is -2.35. The van der Waals surface area contributed by atoms with Crippen molar-refractivity contribution in [3.63, 3.8) is 0 Å². The van der Waals surface area contributed by atoms with Gasteiger partial charge in [-0.1, -0.05) is 30.3 Å². The average molecular weight is 350 g/mol. The molecule has 5 heteroatoms. The van der Waals surface area contributed by atoms with E-state index < -0.39 is 0 Å². The number of hydrogen-bond acceptors (Lipinski definition) is 3. The van der Waals surface area contributed by atoms with Crippen LogP contribution in [0.25, 0.3) is 11.0 Å². The van der Waals surface area contributed by atoms with Crippen LogP contribution in [0, 0.1) is 13.8 Å². The highest BCUT2D eigenvalue weighted by molar-refractivity contribution is 5.94. The molecule has 3 rings (SSSR count). The van der Waals surface area contributed by atoms with Gasteiger partial charge in [0, 0.05) is 29.6 Å². The number of benzene rings is 2. The molecule has 2 amide bonds. The van der Waals surface area contributed by atoms with E-state index in [1.54, 1.807) is 18.4 Å². The highest BCUT2D eigenvalue weighted by Crippen LogP contribution is 2.26. The van der Waals surface area contributed by atoms with Gasteiger partial charge in [-0.15, -0.1) is 0 Å². The predicted molar refractivity (Wildman–Crippen MR) is 101 cm³/mol. The monoisotopic (exact) mass is 350 g/mol. The number of fused-ring (bicyclic) bond motifs is 1. The van der Waals surface area contributed by atoms with Crippen LogP contribution in [0.4, 0.5) is 0 Å². The van der Waals surface area contributed by atoms with E-state index >= 15 is 0 Å². The highest BCUT2D eigenvalue weighted by atomic mass is 16.3. The standard InChI is InChI=1S/C21H22N2O3/c1-14-8-9-18-17(13-26-20(18)15(14)2)12-19(24)22-10-11-23-21(25)16-6-4-3-5-7-16/h3-9,13H,10-12H2,1-2H3,(H,22,24)(H,23,25). The van der Waals surface area contributed by atoms with E-state index in [9.17, 15) is 9.59 Å². The van der Waals surface area contributed by atoms with Crippen molar-refractivity contribution in [1.82, 2.24) is 10.6 Å². The lowest BCUT2D eigenvalue weighted by atomic mass is 10.0. The second kappa shape index (κ2) is 7.87. The predicted octanol–water partition coefficient (Wildman–Crippen LogP) is 3.14. The topological polar surface area (TPSA) is 71.3 Å². The fraction of sp³-hybridized carbons (Fsp3) is 0.238. The van der Waals surface area contributed by atoms with Gasteiger partial charge in [-0.3, -0.25) is 9.59 Å². The van der Waals surface area contributed by atoms with Crippen molar-refractivity contribution in [3.05, 3.63) is 71.0 Å². The molecule has 1 aromatic heterocycles. The van der Waals surface area contributed by atoms with Crippen LogP contribution in [0.2, 0.25) is 0 Å². The van der Waals surface area contributed by atoms with E-state index in [1.165, 1.54) is 0 Å². The third-order valence-corrected chi connectivity index (χ3v) is 4.46. The van der Waals surface area contributed by atoms with E-state index in [-0.39, 0.29) is 18.2 Å². The zero-order valence-corrected chi connectivity index (χ0v) is 15.0. The molecule has 0 fully saturated rings. The van der Waals surface area contributed by atoms with Crippen LogP contribution in [0.15, 0.2) is 53.1 Å². The minimum Gasteiger partial charge on any atom is -0.464 e. The molecular formula is C21H22N2O3. The fourth-order valence-corrected chi connectivity index (χ4v) is 2.83. The van der Waals surface area contributed by atoms with E-state index in [4.69, 9.17) is 4.42 Å². The summed E-state index contributed by atoms with van der Waals surface area (Å²) in [6.45, 7) is 4.81. The molecule has 0 unspecified atom stereocenters. The molecule has 0 aliphatic heterocycles. The van der Waals surface area contributed by atoms with Crippen LogP contribution < -0.4 is 10.6 Å². The maximum atomic E-state index is 12.2. The fourth-order valence-electron chi connectivity index (χ4n) is 2.83. The van der Waals surface area contributed by atoms with Gasteiger partial charge in [0.25, 0.3) is 5.91 Å². The number of carbonyl (C=O) groups is 2. The number of rotatable bonds is 6. The second-order valence-electron chi connectivity index (χ2n) is 6.29. The molecule has 1 heterocycles. The molecule has 3 aromatic rings. The molecule has 0 aliphatic carbocycles. The normalized spacial score (nSPS) is 10.7. The van der Waals surface area contributed by atoms with Gasteiger partial charge in [0.15, 0.2) is 0 Å². The molecule has 0 aliphatic rings. The van der Waals surface area contributed by atoms with Gasteiger partial charge in [-0.05, 0) is 37.1 Å². The Morgan fingerprint density at radius 3 is 2.46 bits per heavy atom. The zero-order chi connectivity index (χ0) is 18.5. The summed E-state index contributed by atoms with van der Waals surface area (Å²) in [6, 6.07) is 13.0. The summed E-state index contributed by atoms with van der Waals surface area (Å²) in [5.74, 6) is -0.244. The minimum atomic E-state index is -0.147. The van der Waals surface area contributed by atoms with Gasteiger partial charge in [-0.2, -0.15) is 0 Å². The molecule has 0 spiro atoms. The Bertz CT molecular complexity index is 929. The van der Waals surface area contributed by atoms with E-state index in [1.807, 2.05) is 44.2 Å². The molecule has 2 N–H and O–H groups in total. The zero-order valence-electron chi connectivity index (χ0n) is 15.0. The van der Waals surface area contributed by atoms with E-state index in [0.717, 1.165) is 27.7 Å². The molecule has 5 nitrogen and oxygen atoms in total. The molecule has 26 heavy (non-hydrogen) atoms. The summed E-state index contributed by atoms with van der Waals surface area (Å²) in [5.41, 5.74) is 4.57. The molecule has 0 saturated heterocycles. The number of carbonyl (C=O) groups excluding carboxylic acids is 2. The van der Waals surface area contributed by atoms with Crippen LogP contribution in [0.1, 0.15) is 27.0 Å². The Balaban J connectivity index is 1.49. The molecule has 0 saturated carbocycles. The first kappa shape index (κ1) is 17.7. The SMILES string of the molecule is Cc1ccc2c(CC(=O)NCCNC(=O)c3ccccc3)coc2c1C. The summed E-state index contributed by atoms with van der Waals surface area (Å²) < 4.78 is 5.63. The number of hydrogen-bond donors (Lipinski definition) is 2. The maximum Gasteiger partial charge on any atom is 0.251 e. The third-order valence-electron chi connectivity index (χ3n) is 4.46. The summed E-state index contributed by atoms with van der Waals surface area (Å²) in [5, 5.41) is 6.58. The highest BCUT2D eigenvalue weighted by Gasteiger charge is 2.12. The summed E-state index contributed by atoms with van der Waals surface area (Å²) in [6.07, 6.45) is 1.90. The van der Waals surface area contributed by atoms with Gasteiger partial charge in [-0.25, -0.2) is 0 Å². The third kappa shape index (κ3) is 3.94. The first-order valence-electron chi connectivity index (χ1n) is 8.62. The minimum absolute atomic E-state index is 0.0973. The van der Waals surface area contributed by atoms with Crippen LogP contribution in [-0.2, 0) is 11.2 Å². The lowest BCUT2D eigenvalue weighted by Gasteiger charge is -2.07. The second-order valence-corrected chi connectivity index (χ2v) is 6.29. The quantitative estimate of drug-likeness (QED) is 0.671. The van der Waals surface area contributed by atoms with Gasteiger partial charge in [0.05, 0.1) is 12.7 Å². The van der Waals surface area contributed by atoms with Crippen molar-refractivity contribution in [1.29, 1.82) is 0 Å². The van der Waals surface area contributed by atoms with E-state index in [0.29, 0.717) is 18.7 Å². The maximum absolute atomic E-state index is 12.2. The first-order valence-corrected chi connectivity index (χ1v) is 8.62. The van der Waals surface area contributed by atoms with Crippen molar-refractivity contribution in [2.75, 3.05) is 13.1 Å². The van der Waals surface area contributed by atoms with Crippen molar-refractivity contribution in [3.8, 4) is 0 Å². The Labute approximate surface area is 152 Å². The Hall–Kier alpha value is -3.08. The summed E-state index contributed by atoms with van der Waals surface area (Å²) in [4.78, 5) is 24.1. The molecule has 134 valence electrons. The molecule has 0 bridgehead atoms. The van der Waals surface area contributed by atoms with Crippen LogP contribution in [0.3, 0.4) is 0 Å².